The van der Waals surface area contributed by atoms with Crippen LogP contribution in [0.1, 0.15) is 39.5 Å². The van der Waals surface area contributed by atoms with Crippen molar-refractivity contribution in [3.63, 3.8) is 0 Å². The Balaban J connectivity index is 2.40. The Labute approximate surface area is 125 Å². The van der Waals surface area contributed by atoms with Crippen molar-refractivity contribution in [2.75, 3.05) is 25.2 Å². The molecule has 1 amide bonds. The molecule has 1 aliphatic carbocycles. The Morgan fingerprint density at radius 1 is 1.45 bits per heavy atom. The summed E-state index contributed by atoms with van der Waals surface area (Å²) in [5.41, 5.74) is 1.17. The van der Waals surface area contributed by atoms with Crippen molar-refractivity contribution in [1.82, 2.24) is 4.90 Å². The average Bonchev–Trinajstić information content (AvgIpc) is 2.48. The van der Waals surface area contributed by atoms with Gasteiger partial charge in [0.25, 0.3) is 0 Å². The number of nitrogens with zero attached hydrogens (tertiary/aromatic N) is 1. The fourth-order valence-electron chi connectivity index (χ4n) is 2.28. The molecule has 0 aromatic carbocycles. The van der Waals surface area contributed by atoms with Gasteiger partial charge in [0.05, 0.1) is 18.8 Å². The second kappa shape index (κ2) is 9.06. The normalized spacial score (nSPS) is 16.2. The van der Waals surface area contributed by atoms with Crippen LogP contribution in [0.4, 0.5) is 0 Å². The van der Waals surface area contributed by atoms with Gasteiger partial charge in [-0.05, 0) is 32.6 Å². The van der Waals surface area contributed by atoms with E-state index in [1.165, 1.54) is 37.4 Å². The standard InChI is InChI=1S/C15H25NO3S/c1-4-16(13-8-6-5-7-9-13)14(17)11-20-10-12(2)15(18)19-3/h8,12H,4-7,9-11H2,1-3H3. The van der Waals surface area contributed by atoms with Crippen LogP contribution in [0.3, 0.4) is 0 Å². The molecule has 20 heavy (non-hydrogen) atoms. The van der Waals surface area contributed by atoms with Crippen LogP contribution in [0.5, 0.6) is 0 Å². The number of carbonyl (C=O) groups excluding carboxylic acids is 2. The van der Waals surface area contributed by atoms with Crippen molar-refractivity contribution >= 4 is 23.6 Å². The number of amides is 1. The molecule has 0 fully saturated rings. The molecule has 0 heterocycles. The van der Waals surface area contributed by atoms with Crippen LogP contribution in [0.15, 0.2) is 11.8 Å². The molecule has 0 radical (unpaired) electrons. The Morgan fingerprint density at radius 3 is 2.75 bits per heavy atom. The number of esters is 1. The van der Waals surface area contributed by atoms with E-state index in [0.29, 0.717) is 11.5 Å². The molecule has 0 N–H and O–H groups in total. The number of hydrogen-bond donors (Lipinski definition) is 0. The SMILES string of the molecule is CCN(C(=O)CSCC(C)C(=O)OC)C1=CCCCC1. The molecule has 0 bridgehead atoms. The smallest absolute Gasteiger partial charge is 0.309 e. The van der Waals surface area contributed by atoms with Crippen LogP contribution in [0.25, 0.3) is 0 Å². The third-order valence-corrected chi connectivity index (χ3v) is 4.61. The molecule has 1 aliphatic rings. The maximum atomic E-state index is 12.2. The van der Waals surface area contributed by atoms with Crippen molar-refractivity contribution in [1.29, 1.82) is 0 Å². The minimum atomic E-state index is -0.215. The lowest BCUT2D eigenvalue weighted by molar-refractivity contribution is -0.144. The number of thioether (sulfide) groups is 1. The van der Waals surface area contributed by atoms with Gasteiger partial charge in [-0.3, -0.25) is 9.59 Å². The third kappa shape index (κ3) is 5.19. The highest BCUT2D eigenvalue weighted by Crippen LogP contribution is 2.22. The first-order valence-electron chi connectivity index (χ1n) is 7.25. The highest BCUT2D eigenvalue weighted by Gasteiger charge is 2.19. The second-order valence-electron chi connectivity index (χ2n) is 5.02. The van der Waals surface area contributed by atoms with Crippen molar-refractivity contribution in [3.8, 4) is 0 Å². The topological polar surface area (TPSA) is 46.6 Å². The molecule has 1 rings (SSSR count). The maximum absolute atomic E-state index is 12.2. The highest BCUT2D eigenvalue weighted by atomic mass is 32.2. The lowest BCUT2D eigenvalue weighted by Gasteiger charge is -2.26. The number of hydrogen-bond acceptors (Lipinski definition) is 4. The lowest BCUT2D eigenvalue weighted by atomic mass is 10.0. The van der Waals surface area contributed by atoms with Crippen molar-refractivity contribution in [2.24, 2.45) is 5.92 Å². The van der Waals surface area contributed by atoms with E-state index >= 15 is 0 Å². The summed E-state index contributed by atoms with van der Waals surface area (Å²) in [4.78, 5) is 25.4. The molecular formula is C15H25NO3S. The van der Waals surface area contributed by atoms with Gasteiger partial charge < -0.3 is 9.64 Å². The summed E-state index contributed by atoms with van der Waals surface area (Å²) in [6, 6.07) is 0. The zero-order valence-electron chi connectivity index (χ0n) is 12.7. The highest BCUT2D eigenvalue weighted by molar-refractivity contribution is 7.99. The first-order chi connectivity index (χ1) is 9.60. The molecule has 0 saturated carbocycles. The lowest BCUT2D eigenvalue weighted by Crippen LogP contribution is -2.32. The summed E-state index contributed by atoms with van der Waals surface area (Å²) in [5.74, 6) is 0.804. The third-order valence-electron chi connectivity index (χ3n) is 3.43. The van der Waals surface area contributed by atoms with Crippen LogP contribution < -0.4 is 0 Å². The van der Waals surface area contributed by atoms with E-state index in [9.17, 15) is 9.59 Å². The molecule has 4 nitrogen and oxygen atoms in total. The van der Waals surface area contributed by atoms with Gasteiger partial charge in [0.15, 0.2) is 0 Å². The fourth-order valence-corrected chi connectivity index (χ4v) is 3.21. The van der Waals surface area contributed by atoms with E-state index in [2.05, 4.69) is 10.8 Å². The van der Waals surface area contributed by atoms with Gasteiger partial charge in [0, 0.05) is 18.0 Å². The molecule has 114 valence electrons. The predicted octanol–water partition coefficient (Wildman–Crippen LogP) is 2.84. The number of rotatable bonds is 7. The average molecular weight is 299 g/mol. The van der Waals surface area contributed by atoms with E-state index in [1.807, 2.05) is 18.7 Å². The first kappa shape index (κ1) is 17.1. The molecule has 0 spiro atoms. The fraction of sp³-hybridized carbons (Fsp3) is 0.733. The maximum Gasteiger partial charge on any atom is 0.309 e. The molecule has 0 aromatic rings. The number of carbonyl (C=O) groups is 2. The van der Waals surface area contributed by atoms with Crippen LogP contribution in [-0.4, -0.2) is 41.9 Å². The Morgan fingerprint density at radius 2 is 2.20 bits per heavy atom. The Bertz CT molecular complexity index is 368. The molecular weight excluding hydrogens is 274 g/mol. The van der Waals surface area contributed by atoms with Crippen molar-refractivity contribution in [3.05, 3.63) is 11.8 Å². The molecule has 1 unspecified atom stereocenters. The largest absolute Gasteiger partial charge is 0.469 e. The van der Waals surface area contributed by atoms with Gasteiger partial charge in [-0.25, -0.2) is 0 Å². The van der Waals surface area contributed by atoms with Gasteiger partial charge in [-0.1, -0.05) is 13.0 Å². The zero-order chi connectivity index (χ0) is 15.0. The molecule has 5 heteroatoms. The van der Waals surface area contributed by atoms with Gasteiger partial charge in [-0.2, -0.15) is 11.8 Å². The summed E-state index contributed by atoms with van der Waals surface area (Å²) in [7, 11) is 1.39. The Hall–Kier alpha value is -0.970. The van der Waals surface area contributed by atoms with E-state index in [1.54, 1.807) is 0 Å². The van der Waals surface area contributed by atoms with E-state index < -0.39 is 0 Å². The molecule has 0 aromatic heterocycles. The van der Waals surface area contributed by atoms with Gasteiger partial charge in [-0.15, -0.1) is 0 Å². The molecule has 0 saturated heterocycles. The van der Waals surface area contributed by atoms with E-state index in [-0.39, 0.29) is 17.8 Å². The van der Waals surface area contributed by atoms with Crippen molar-refractivity contribution < 1.29 is 14.3 Å². The van der Waals surface area contributed by atoms with E-state index in [0.717, 1.165) is 19.4 Å². The number of ether oxygens (including phenoxy) is 1. The zero-order valence-corrected chi connectivity index (χ0v) is 13.5. The number of allylic oxidation sites excluding steroid dienone is 2. The Kier molecular flexibility index (Phi) is 7.73. The van der Waals surface area contributed by atoms with Crippen LogP contribution in [0, 0.1) is 5.92 Å². The van der Waals surface area contributed by atoms with Crippen molar-refractivity contribution in [2.45, 2.75) is 39.5 Å². The molecule has 1 atom stereocenters. The second-order valence-corrected chi connectivity index (χ2v) is 6.05. The minimum absolute atomic E-state index is 0.141. The van der Waals surface area contributed by atoms with Crippen LogP contribution >= 0.6 is 11.8 Å². The van der Waals surface area contributed by atoms with Gasteiger partial charge in [0.2, 0.25) is 5.91 Å². The van der Waals surface area contributed by atoms with Gasteiger partial charge in [0.1, 0.15) is 0 Å². The van der Waals surface area contributed by atoms with E-state index in [4.69, 9.17) is 0 Å². The predicted molar refractivity (Wildman–Crippen MR) is 82.4 cm³/mol. The minimum Gasteiger partial charge on any atom is -0.469 e. The summed E-state index contributed by atoms with van der Waals surface area (Å²) in [5, 5.41) is 0. The summed E-state index contributed by atoms with van der Waals surface area (Å²) in [6.07, 6.45) is 6.66. The monoisotopic (exact) mass is 299 g/mol. The first-order valence-corrected chi connectivity index (χ1v) is 8.40. The van der Waals surface area contributed by atoms with Gasteiger partial charge >= 0.3 is 5.97 Å². The van der Waals surface area contributed by atoms with Crippen LogP contribution in [-0.2, 0) is 14.3 Å². The summed E-state index contributed by atoms with van der Waals surface area (Å²) in [6.45, 7) is 4.55. The number of methoxy groups -OCH3 is 1. The summed E-state index contributed by atoms with van der Waals surface area (Å²) < 4.78 is 4.68. The molecule has 0 aliphatic heterocycles. The quantitative estimate of drug-likeness (QED) is 0.678. The van der Waals surface area contributed by atoms with Crippen LogP contribution in [0.2, 0.25) is 0 Å². The summed E-state index contributed by atoms with van der Waals surface area (Å²) >= 11 is 1.50.